The van der Waals surface area contributed by atoms with Gasteiger partial charge in [0.2, 0.25) is 12.7 Å². The fourth-order valence-corrected chi connectivity index (χ4v) is 2.70. The number of carbonyl (C=O) groups excluding carboxylic acids is 1. The van der Waals surface area contributed by atoms with Crippen LogP contribution in [0.15, 0.2) is 42.5 Å². The maximum Gasteiger partial charge on any atom is 0.232 e. The van der Waals surface area contributed by atoms with Gasteiger partial charge in [-0.05, 0) is 35.7 Å². The summed E-state index contributed by atoms with van der Waals surface area (Å²) in [5.74, 6) is 0.557. The van der Waals surface area contributed by atoms with E-state index in [4.69, 9.17) is 9.47 Å². The Kier molecular flexibility index (Phi) is 4.19. The van der Waals surface area contributed by atoms with Crippen LogP contribution in [0.4, 0.5) is 10.1 Å². The van der Waals surface area contributed by atoms with Gasteiger partial charge in [0.15, 0.2) is 11.5 Å². The summed E-state index contributed by atoms with van der Waals surface area (Å²) in [6, 6.07) is 11.3. The van der Waals surface area contributed by atoms with Gasteiger partial charge in [0.05, 0.1) is 5.92 Å². The van der Waals surface area contributed by atoms with Gasteiger partial charge in [-0.25, -0.2) is 4.39 Å². The summed E-state index contributed by atoms with van der Waals surface area (Å²) < 4.78 is 23.7. The van der Waals surface area contributed by atoms with Crippen LogP contribution < -0.4 is 14.8 Å². The van der Waals surface area contributed by atoms with E-state index in [-0.39, 0.29) is 30.4 Å². The lowest BCUT2D eigenvalue weighted by molar-refractivity contribution is -0.118. The number of hydrogen-bond donors (Lipinski definition) is 1. The second kappa shape index (κ2) is 6.28. The highest BCUT2D eigenvalue weighted by Gasteiger charge is 2.25. The van der Waals surface area contributed by atoms with Gasteiger partial charge in [-0.3, -0.25) is 4.79 Å². The lowest BCUT2D eigenvalue weighted by Gasteiger charge is -2.21. The number of nitrogens with one attached hydrogen (secondary N) is 1. The van der Waals surface area contributed by atoms with Crippen LogP contribution in [-0.2, 0) is 4.79 Å². The van der Waals surface area contributed by atoms with Gasteiger partial charge in [0.25, 0.3) is 0 Å². The van der Waals surface area contributed by atoms with Gasteiger partial charge < -0.3 is 14.8 Å². The topological polar surface area (TPSA) is 47.6 Å². The average Bonchev–Trinajstić information content (AvgIpc) is 2.96. The van der Waals surface area contributed by atoms with E-state index in [0.717, 1.165) is 5.56 Å². The molecular weight excluding hydrogens is 297 g/mol. The van der Waals surface area contributed by atoms with Crippen LogP contribution in [0.1, 0.15) is 25.3 Å². The number of fused-ring (bicyclic) bond motifs is 1. The summed E-state index contributed by atoms with van der Waals surface area (Å²) in [5.41, 5.74) is 1.44. The molecule has 1 amide bonds. The predicted molar refractivity (Wildman–Crippen MR) is 85.2 cm³/mol. The molecule has 0 saturated heterocycles. The van der Waals surface area contributed by atoms with Crippen molar-refractivity contribution in [2.24, 2.45) is 5.92 Å². The Balaban J connectivity index is 1.80. The van der Waals surface area contributed by atoms with Crippen molar-refractivity contribution >= 4 is 11.6 Å². The molecule has 23 heavy (non-hydrogen) atoms. The summed E-state index contributed by atoms with van der Waals surface area (Å²) >= 11 is 0. The molecule has 1 aliphatic rings. The third-order valence-electron chi connectivity index (χ3n) is 3.82. The molecule has 0 radical (unpaired) electrons. The monoisotopic (exact) mass is 315 g/mol. The summed E-state index contributed by atoms with van der Waals surface area (Å²) in [7, 11) is 0. The Morgan fingerprint density at radius 1 is 1.09 bits per heavy atom. The van der Waals surface area contributed by atoms with Crippen LogP contribution in [-0.4, -0.2) is 12.7 Å². The molecule has 1 atom stereocenters. The number of halogens is 1. The number of hydrogen-bond acceptors (Lipinski definition) is 3. The average molecular weight is 315 g/mol. The molecule has 3 rings (SSSR count). The standard InChI is InChI=1S/C18H18FNO3/c1-11(2)17(12-3-5-13(19)6-4-12)18(21)20-14-7-8-15-16(9-14)23-10-22-15/h3-9,11,17H,10H2,1-2H3,(H,20,21). The lowest BCUT2D eigenvalue weighted by atomic mass is 9.87. The lowest BCUT2D eigenvalue weighted by Crippen LogP contribution is -2.25. The molecule has 1 aliphatic heterocycles. The summed E-state index contributed by atoms with van der Waals surface area (Å²) in [6.45, 7) is 4.12. The number of ether oxygens (including phenoxy) is 2. The molecule has 0 aromatic heterocycles. The Morgan fingerprint density at radius 2 is 1.78 bits per heavy atom. The largest absolute Gasteiger partial charge is 0.454 e. The van der Waals surface area contributed by atoms with E-state index in [0.29, 0.717) is 17.2 Å². The van der Waals surface area contributed by atoms with Gasteiger partial charge >= 0.3 is 0 Å². The van der Waals surface area contributed by atoms with E-state index >= 15 is 0 Å². The van der Waals surface area contributed by atoms with E-state index in [1.165, 1.54) is 12.1 Å². The van der Waals surface area contributed by atoms with E-state index in [9.17, 15) is 9.18 Å². The first-order chi connectivity index (χ1) is 11.0. The number of rotatable bonds is 4. The van der Waals surface area contributed by atoms with Gasteiger partial charge in [-0.1, -0.05) is 26.0 Å². The normalized spacial score (nSPS) is 13.9. The molecule has 120 valence electrons. The van der Waals surface area contributed by atoms with Crippen molar-refractivity contribution in [3.8, 4) is 11.5 Å². The zero-order chi connectivity index (χ0) is 16.4. The first-order valence-corrected chi connectivity index (χ1v) is 7.50. The Morgan fingerprint density at radius 3 is 2.48 bits per heavy atom. The molecule has 0 saturated carbocycles. The third-order valence-corrected chi connectivity index (χ3v) is 3.82. The van der Waals surface area contributed by atoms with Gasteiger partial charge in [0.1, 0.15) is 5.82 Å². The number of amides is 1. The molecular formula is C18H18FNO3. The molecule has 0 spiro atoms. The van der Waals surface area contributed by atoms with Crippen LogP contribution in [0, 0.1) is 11.7 Å². The molecule has 2 aromatic rings. The highest BCUT2D eigenvalue weighted by atomic mass is 19.1. The molecule has 0 fully saturated rings. The molecule has 1 N–H and O–H groups in total. The number of anilines is 1. The van der Waals surface area contributed by atoms with Crippen LogP contribution in [0.3, 0.4) is 0 Å². The first-order valence-electron chi connectivity index (χ1n) is 7.50. The van der Waals surface area contributed by atoms with Crippen molar-refractivity contribution in [3.63, 3.8) is 0 Å². The highest BCUT2D eigenvalue weighted by molar-refractivity contribution is 5.96. The molecule has 5 heteroatoms. The number of carbonyl (C=O) groups is 1. The molecule has 0 aliphatic carbocycles. The van der Waals surface area contributed by atoms with E-state index in [1.807, 2.05) is 13.8 Å². The van der Waals surface area contributed by atoms with Crippen LogP contribution in [0.25, 0.3) is 0 Å². The van der Waals surface area contributed by atoms with Crippen molar-refractivity contribution in [1.29, 1.82) is 0 Å². The first kappa shape index (κ1) is 15.3. The Bertz CT molecular complexity index is 713. The Labute approximate surface area is 134 Å². The second-order valence-corrected chi connectivity index (χ2v) is 5.83. The maximum atomic E-state index is 13.1. The number of benzene rings is 2. The van der Waals surface area contributed by atoms with Crippen molar-refractivity contribution in [1.82, 2.24) is 0 Å². The SMILES string of the molecule is CC(C)C(C(=O)Nc1ccc2c(c1)OCO2)c1ccc(F)cc1. The fourth-order valence-electron chi connectivity index (χ4n) is 2.70. The van der Waals surface area contributed by atoms with Crippen molar-refractivity contribution < 1.29 is 18.7 Å². The van der Waals surface area contributed by atoms with Crippen LogP contribution in [0.2, 0.25) is 0 Å². The zero-order valence-corrected chi connectivity index (χ0v) is 13.0. The molecule has 2 aromatic carbocycles. The van der Waals surface area contributed by atoms with Crippen molar-refractivity contribution in [2.75, 3.05) is 12.1 Å². The molecule has 0 bridgehead atoms. The summed E-state index contributed by atoms with van der Waals surface area (Å²) in [6.07, 6.45) is 0. The molecule has 1 heterocycles. The minimum atomic E-state index is -0.360. The van der Waals surface area contributed by atoms with E-state index < -0.39 is 0 Å². The van der Waals surface area contributed by atoms with Gasteiger partial charge in [-0.15, -0.1) is 0 Å². The minimum absolute atomic E-state index is 0.0782. The van der Waals surface area contributed by atoms with Crippen LogP contribution in [0.5, 0.6) is 11.5 Å². The van der Waals surface area contributed by atoms with Gasteiger partial charge in [-0.2, -0.15) is 0 Å². The van der Waals surface area contributed by atoms with E-state index in [2.05, 4.69) is 5.32 Å². The van der Waals surface area contributed by atoms with Crippen LogP contribution >= 0.6 is 0 Å². The Hall–Kier alpha value is -2.56. The molecule has 1 unspecified atom stereocenters. The van der Waals surface area contributed by atoms with Crippen molar-refractivity contribution in [3.05, 3.63) is 53.8 Å². The maximum absolute atomic E-state index is 13.1. The fraction of sp³-hybridized carbons (Fsp3) is 0.278. The minimum Gasteiger partial charge on any atom is -0.454 e. The highest BCUT2D eigenvalue weighted by Crippen LogP contribution is 2.35. The van der Waals surface area contributed by atoms with Crippen molar-refractivity contribution in [2.45, 2.75) is 19.8 Å². The molecule has 4 nitrogen and oxygen atoms in total. The quantitative estimate of drug-likeness (QED) is 0.930. The smallest absolute Gasteiger partial charge is 0.232 e. The zero-order valence-electron chi connectivity index (χ0n) is 13.0. The van der Waals surface area contributed by atoms with Gasteiger partial charge in [0, 0.05) is 11.8 Å². The third kappa shape index (κ3) is 3.28. The van der Waals surface area contributed by atoms with E-state index in [1.54, 1.807) is 30.3 Å². The predicted octanol–water partition coefficient (Wildman–Crippen LogP) is 3.93. The second-order valence-electron chi connectivity index (χ2n) is 5.83. The summed E-state index contributed by atoms with van der Waals surface area (Å²) in [4.78, 5) is 12.7. The summed E-state index contributed by atoms with van der Waals surface area (Å²) in [5, 5.41) is 2.90.